The van der Waals surface area contributed by atoms with E-state index in [1.807, 2.05) is 24.3 Å². The van der Waals surface area contributed by atoms with Gasteiger partial charge in [0, 0.05) is 17.9 Å². The van der Waals surface area contributed by atoms with Gasteiger partial charge in [0.15, 0.2) is 5.78 Å². The minimum Gasteiger partial charge on any atom is -0.481 e. The summed E-state index contributed by atoms with van der Waals surface area (Å²) in [5.41, 5.74) is 0.520. The number of rotatable bonds is 14. The predicted octanol–water partition coefficient (Wildman–Crippen LogP) is 4.65. The molecule has 0 bridgehead atoms. The molecule has 0 aliphatic heterocycles. The number of carboxylic acids is 1. The first-order valence-corrected chi connectivity index (χ1v) is 8.72. The van der Waals surface area contributed by atoms with Crippen LogP contribution in [0, 0.1) is 5.92 Å². The van der Waals surface area contributed by atoms with Gasteiger partial charge in [-0.2, -0.15) is 0 Å². The van der Waals surface area contributed by atoms with Gasteiger partial charge in [-0.1, -0.05) is 50.1 Å². The molecule has 0 radical (unpaired) electrons. The van der Waals surface area contributed by atoms with Crippen LogP contribution < -0.4 is 0 Å². The van der Waals surface area contributed by atoms with Crippen molar-refractivity contribution in [3.63, 3.8) is 0 Å². The van der Waals surface area contributed by atoms with Crippen LogP contribution in [-0.2, 0) is 14.4 Å². The van der Waals surface area contributed by atoms with Crippen molar-refractivity contribution in [2.45, 2.75) is 65.2 Å². The molecule has 24 heavy (non-hydrogen) atoms. The van der Waals surface area contributed by atoms with E-state index in [0.29, 0.717) is 24.8 Å². The van der Waals surface area contributed by atoms with Crippen molar-refractivity contribution in [2.75, 3.05) is 0 Å². The predicted molar refractivity (Wildman–Crippen MR) is 96.8 cm³/mol. The van der Waals surface area contributed by atoms with Crippen molar-refractivity contribution < 1.29 is 19.5 Å². The maximum atomic E-state index is 11.8. The van der Waals surface area contributed by atoms with Crippen molar-refractivity contribution in [2.24, 2.45) is 5.92 Å². The number of carbonyl (C=O) groups excluding carboxylic acids is 2. The maximum Gasteiger partial charge on any atom is 0.303 e. The molecule has 1 N–H and O–H groups in total. The fourth-order valence-corrected chi connectivity index (χ4v) is 2.27. The number of aliphatic carboxylic acids is 1. The molecule has 1 unspecified atom stereocenters. The third-order valence-corrected chi connectivity index (χ3v) is 3.67. The highest BCUT2D eigenvalue weighted by molar-refractivity contribution is 5.97. The Balaban J connectivity index is 4.52. The second kappa shape index (κ2) is 14.6. The van der Waals surface area contributed by atoms with Crippen LogP contribution in [0.4, 0.5) is 0 Å². The third kappa shape index (κ3) is 11.6. The van der Waals surface area contributed by atoms with Gasteiger partial charge in [0.2, 0.25) is 0 Å². The van der Waals surface area contributed by atoms with Crippen LogP contribution in [0.15, 0.2) is 36.0 Å². The molecule has 0 spiro atoms. The molecule has 0 aromatic carbocycles. The average Bonchev–Trinajstić information content (AvgIpc) is 2.54. The summed E-state index contributed by atoms with van der Waals surface area (Å²) >= 11 is 0. The molecule has 4 heteroatoms. The Morgan fingerprint density at radius 2 is 1.75 bits per heavy atom. The Morgan fingerprint density at radius 3 is 2.33 bits per heavy atom. The first-order valence-electron chi connectivity index (χ1n) is 8.72. The highest BCUT2D eigenvalue weighted by atomic mass is 16.4. The normalized spacial score (nSPS) is 13.5. The molecular weight excluding hydrogens is 304 g/mol. The van der Waals surface area contributed by atoms with Crippen LogP contribution in [0.2, 0.25) is 0 Å². The molecule has 0 fully saturated rings. The topological polar surface area (TPSA) is 71.4 Å². The van der Waals surface area contributed by atoms with E-state index in [4.69, 9.17) is 5.11 Å². The lowest BCUT2D eigenvalue weighted by atomic mass is 9.93. The molecule has 0 amide bonds. The summed E-state index contributed by atoms with van der Waals surface area (Å²) in [4.78, 5) is 33.5. The highest BCUT2D eigenvalue weighted by Crippen LogP contribution is 2.16. The molecule has 0 aromatic heterocycles. The zero-order chi connectivity index (χ0) is 18.2. The summed E-state index contributed by atoms with van der Waals surface area (Å²) in [5.74, 6) is -1.34. The largest absolute Gasteiger partial charge is 0.481 e. The minimum absolute atomic E-state index is 0.0930. The van der Waals surface area contributed by atoms with E-state index in [0.717, 1.165) is 19.1 Å². The molecule has 0 saturated heterocycles. The van der Waals surface area contributed by atoms with E-state index < -0.39 is 11.9 Å². The summed E-state index contributed by atoms with van der Waals surface area (Å²) in [5, 5.41) is 8.56. The second-order valence-corrected chi connectivity index (χ2v) is 5.84. The van der Waals surface area contributed by atoms with E-state index in [9.17, 15) is 14.4 Å². The molecule has 0 aromatic rings. The van der Waals surface area contributed by atoms with Crippen molar-refractivity contribution in [1.82, 2.24) is 0 Å². The quantitative estimate of drug-likeness (QED) is 0.165. The minimum atomic E-state index is -0.804. The van der Waals surface area contributed by atoms with E-state index in [1.54, 1.807) is 6.08 Å². The number of hydrogen-bond donors (Lipinski definition) is 1. The Labute approximate surface area is 145 Å². The first kappa shape index (κ1) is 22.0. The Kier molecular flexibility index (Phi) is 13.4. The number of hydrogen-bond acceptors (Lipinski definition) is 3. The molecule has 0 rings (SSSR count). The van der Waals surface area contributed by atoms with Gasteiger partial charge in [-0.15, -0.1) is 0 Å². The summed E-state index contributed by atoms with van der Waals surface area (Å²) in [6.45, 7) is 3.63. The molecule has 0 aliphatic rings. The zero-order valence-corrected chi connectivity index (χ0v) is 14.9. The fourth-order valence-electron chi connectivity index (χ4n) is 2.27. The molecule has 4 nitrogen and oxygen atoms in total. The van der Waals surface area contributed by atoms with Crippen LogP contribution in [0.1, 0.15) is 65.2 Å². The van der Waals surface area contributed by atoms with E-state index >= 15 is 0 Å². The lowest BCUT2D eigenvalue weighted by molar-refractivity contribution is -0.137. The zero-order valence-electron chi connectivity index (χ0n) is 14.9. The summed E-state index contributed by atoms with van der Waals surface area (Å²) in [6.07, 6.45) is 16.5. The monoisotopic (exact) mass is 334 g/mol. The van der Waals surface area contributed by atoms with Crippen LogP contribution in [0.5, 0.6) is 0 Å². The van der Waals surface area contributed by atoms with Crippen LogP contribution in [-0.4, -0.2) is 23.1 Å². The van der Waals surface area contributed by atoms with Crippen molar-refractivity contribution in [3.05, 3.63) is 36.0 Å². The van der Waals surface area contributed by atoms with Crippen LogP contribution >= 0.6 is 0 Å². The third-order valence-electron chi connectivity index (χ3n) is 3.67. The number of carboxylic acid groups (broad SMARTS) is 1. The lowest BCUT2D eigenvalue weighted by Gasteiger charge is -2.09. The molecular formula is C20H30O4. The molecule has 0 aliphatic carbocycles. The van der Waals surface area contributed by atoms with Gasteiger partial charge in [-0.25, -0.2) is 0 Å². The van der Waals surface area contributed by atoms with E-state index in [-0.39, 0.29) is 12.2 Å². The molecule has 0 heterocycles. The standard InChI is InChI=1S/C20H30O4/c1-3-4-5-6-7-11-14-19(17(2)22)18(16-21)13-10-8-9-12-15-20(23)24/h7-8,10-11,14,16,18H,3-6,9,12-13,15H2,1-2H3,(H,23,24). The summed E-state index contributed by atoms with van der Waals surface area (Å²) < 4.78 is 0. The Morgan fingerprint density at radius 1 is 1.04 bits per heavy atom. The molecule has 134 valence electrons. The average molecular weight is 334 g/mol. The number of ketones is 1. The highest BCUT2D eigenvalue weighted by Gasteiger charge is 2.15. The van der Waals surface area contributed by atoms with Crippen LogP contribution in [0.3, 0.4) is 0 Å². The van der Waals surface area contributed by atoms with Crippen LogP contribution in [0.25, 0.3) is 0 Å². The van der Waals surface area contributed by atoms with E-state index in [2.05, 4.69) is 6.92 Å². The van der Waals surface area contributed by atoms with Crippen molar-refractivity contribution >= 4 is 18.0 Å². The fraction of sp³-hybridized carbons (Fsp3) is 0.550. The van der Waals surface area contributed by atoms with Gasteiger partial charge in [-0.05, 0) is 39.0 Å². The van der Waals surface area contributed by atoms with Gasteiger partial charge in [0.25, 0.3) is 0 Å². The molecule has 1 atom stereocenters. The number of allylic oxidation sites excluding steroid dienone is 6. The van der Waals surface area contributed by atoms with Gasteiger partial charge in [0.1, 0.15) is 6.29 Å². The van der Waals surface area contributed by atoms with Gasteiger partial charge in [-0.3, -0.25) is 9.59 Å². The maximum absolute atomic E-state index is 11.8. The number of Topliss-reactive ketones (excluding diaryl/α,β-unsaturated/α-hetero) is 1. The Bertz CT molecular complexity index is 472. The van der Waals surface area contributed by atoms with Crippen molar-refractivity contribution in [3.8, 4) is 0 Å². The first-order chi connectivity index (χ1) is 11.5. The number of unbranched alkanes of at least 4 members (excludes halogenated alkanes) is 4. The lowest BCUT2D eigenvalue weighted by Crippen LogP contribution is -2.11. The van der Waals surface area contributed by atoms with E-state index in [1.165, 1.54) is 19.8 Å². The SMILES string of the molecule is CCCCCC=CC=C(C(C)=O)C(C=O)CC=CCCCC(=O)O. The summed E-state index contributed by atoms with van der Waals surface area (Å²) in [6, 6.07) is 0. The smallest absolute Gasteiger partial charge is 0.303 e. The number of aldehydes is 1. The second-order valence-electron chi connectivity index (χ2n) is 5.84. The Hall–Kier alpha value is -1.97. The van der Waals surface area contributed by atoms with Gasteiger partial charge < -0.3 is 9.90 Å². The van der Waals surface area contributed by atoms with Gasteiger partial charge in [0.05, 0.1) is 0 Å². The number of carbonyl (C=O) groups is 3. The summed E-state index contributed by atoms with van der Waals surface area (Å²) in [7, 11) is 0. The van der Waals surface area contributed by atoms with Gasteiger partial charge >= 0.3 is 5.97 Å². The van der Waals surface area contributed by atoms with Crippen molar-refractivity contribution in [1.29, 1.82) is 0 Å². The molecule has 0 saturated carbocycles.